The molecule has 0 radical (unpaired) electrons. The first-order chi connectivity index (χ1) is 13.2. The molecule has 1 aliphatic heterocycles. The quantitative estimate of drug-likeness (QED) is 0.330. The molecule has 0 amide bonds. The molecule has 2 aromatic heterocycles. The summed E-state index contributed by atoms with van der Waals surface area (Å²) in [7, 11) is 1.82. The lowest BCUT2D eigenvalue weighted by molar-refractivity contribution is 0.562. The largest absolute Gasteiger partial charge is 0.357 e. The molecular formula is C21H32IN5S. The topological polar surface area (TPSA) is 52.6 Å². The van der Waals surface area contributed by atoms with Crippen molar-refractivity contribution >= 4 is 47.1 Å². The van der Waals surface area contributed by atoms with Crippen LogP contribution in [0, 0.1) is 5.92 Å². The number of piperidine rings is 1. The summed E-state index contributed by atoms with van der Waals surface area (Å²) >= 11 is 1.83. The van der Waals surface area contributed by atoms with E-state index < -0.39 is 0 Å². The molecule has 3 heterocycles. The molecule has 3 rings (SSSR count). The van der Waals surface area contributed by atoms with Crippen molar-refractivity contribution in [1.29, 1.82) is 0 Å². The summed E-state index contributed by atoms with van der Waals surface area (Å²) in [5, 5.41) is 9.01. The minimum absolute atomic E-state index is 0. The smallest absolute Gasteiger partial charge is 0.191 e. The number of nitrogens with zero attached hydrogens (tertiary/aromatic N) is 3. The maximum absolute atomic E-state index is 4.56. The first-order valence-electron chi connectivity index (χ1n) is 9.91. The molecule has 2 aromatic rings. The standard InChI is InChI=1S/C21H31N5S.HI/c1-17(13-19-7-6-12-27-19)15-24-21(22-2)25-16-18-8-9-23-20(14-18)26-10-4-3-5-11-26;/h6-9,12,14,17H,3-5,10-11,13,15-16H2,1-2H3,(H2,22,24,25);1H. The zero-order valence-electron chi connectivity index (χ0n) is 16.9. The van der Waals surface area contributed by atoms with Crippen LogP contribution in [0.4, 0.5) is 5.82 Å². The number of anilines is 1. The zero-order valence-corrected chi connectivity index (χ0v) is 20.0. The Hall–Kier alpha value is -1.35. The predicted octanol–water partition coefficient (Wildman–Crippen LogP) is 4.30. The number of pyridine rings is 1. The molecule has 1 atom stereocenters. The van der Waals surface area contributed by atoms with Crippen molar-refractivity contribution in [3.05, 3.63) is 46.3 Å². The lowest BCUT2D eigenvalue weighted by Gasteiger charge is -2.28. The molecule has 0 saturated carbocycles. The Labute approximate surface area is 190 Å². The van der Waals surface area contributed by atoms with E-state index in [-0.39, 0.29) is 24.0 Å². The first kappa shape index (κ1) is 22.9. The Morgan fingerprint density at radius 1 is 1.25 bits per heavy atom. The van der Waals surface area contributed by atoms with E-state index in [2.05, 4.69) is 62.1 Å². The molecule has 5 nitrogen and oxygen atoms in total. The highest BCUT2D eigenvalue weighted by atomic mass is 127. The van der Waals surface area contributed by atoms with Gasteiger partial charge in [0.2, 0.25) is 0 Å². The van der Waals surface area contributed by atoms with Crippen LogP contribution < -0.4 is 15.5 Å². The van der Waals surface area contributed by atoms with Crippen LogP contribution >= 0.6 is 35.3 Å². The number of hydrogen-bond donors (Lipinski definition) is 2. The van der Waals surface area contributed by atoms with Gasteiger partial charge in [-0.2, -0.15) is 0 Å². The minimum Gasteiger partial charge on any atom is -0.357 e. The van der Waals surface area contributed by atoms with Gasteiger partial charge in [-0.3, -0.25) is 4.99 Å². The third-order valence-electron chi connectivity index (χ3n) is 4.92. The van der Waals surface area contributed by atoms with Gasteiger partial charge < -0.3 is 15.5 Å². The Balaban J connectivity index is 0.00000280. The molecule has 1 unspecified atom stereocenters. The van der Waals surface area contributed by atoms with Crippen molar-refractivity contribution < 1.29 is 0 Å². The molecule has 1 fully saturated rings. The molecule has 0 bridgehead atoms. The van der Waals surface area contributed by atoms with Crippen LogP contribution in [0.2, 0.25) is 0 Å². The summed E-state index contributed by atoms with van der Waals surface area (Å²) in [6.45, 7) is 6.17. The molecule has 1 aliphatic rings. The molecular weight excluding hydrogens is 481 g/mol. The van der Waals surface area contributed by atoms with Crippen molar-refractivity contribution in [2.45, 2.75) is 39.2 Å². The third-order valence-corrected chi connectivity index (χ3v) is 5.82. The van der Waals surface area contributed by atoms with E-state index in [0.717, 1.165) is 44.4 Å². The van der Waals surface area contributed by atoms with Gasteiger partial charge >= 0.3 is 0 Å². The number of hydrogen-bond acceptors (Lipinski definition) is 4. The summed E-state index contributed by atoms with van der Waals surface area (Å²) in [5.41, 5.74) is 1.24. The maximum Gasteiger partial charge on any atom is 0.191 e. The molecule has 0 aromatic carbocycles. The van der Waals surface area contributed by atoms with Gasteiger partial charge in [0.15, 0.2) is 5.96 Å². The van der Waals surface area contributed by atoms with Crippen molar-refractivity contribution in [3.63, 3.8) is 0 Å². The average molecular weight is 513 g/mol. The summed E-state index contributed by atoms with van der Waals surface area (Å²) in [6.07, 6.45) is 6.89. The Bertz CT molecular complexity index is 713. The van der Waals surface area contributed by atoms with E-state index in [1.54, 1.807) is 0 Å². The fourth-order valence-electron chi connectivity index (χ4n) is 3.39. The van der Waals surface area contributed by atoms with E-state index in [1.807, 2.05) is 24.6 Å². The lowest BCUT2D eigenvalue weighted by Crippen LogP contribution is -2.39. The summed E-state index contributed by atoms with van der Waals surface area (Å²) in [4.78, 5) is 12.7. The molecule has 1 saturated heterocycles. The number of aliphatic imine (C=N–C) groups is 1. The summed E-state index contributed by atoms with van der Waals surface area (Å²) in [5.74, 6) is 2.51. The third kappa shape index (κ3) is 7.24. The van der Waals surface area contributed by atoms with Crippen LogP contribution in [0.15, 0.2) is 40.8 Å². The van der Waals surface area contributed by atoms with Crippen LogP contribution in [0.3, 0.4) is 0 Å². The van der Waals surface area contributed by atoms with Crippen LogP contribution in [0.5, 0.6) is 0 Å². The number of halogens is 1. The van der Waals surface area contributed by atoms with E-state index in [0.29, 0.717) is 5.92 Å². The van der Waals surface area contributed by atoms with E-state index in [4.69, 9.17) is 0 Å². The second-order valence-electron chi connectivity index (χ2n) is 7.27. The predicted molar refractivity (Wildman–Crippen MR) is 131 cm³/mol. The van der Waals surface area contributed by atoms with E-state index in [1.165, 1.54) is 29.7 Å². The Morgan fingerprint density at radius 3 is 2.79 bits per heavy atom. The second kappa shape index (κ2) is 12.3. The van der Waals surface area contributed by atoms with Crippen molar-refractivity contribution in [2.24, 2.45) is 10.9 Å². The fourth-order valence-corrected chi connectivity index (χ4v) is 4.26. The molecule has 154 valence electrons. The van der Waals surface area contributed by atoms with E-state index in [9.17, 15) is 0 Å². The van der Waals surface area contributed by atoms with E-state index >= 15 is 0 Å². The van der Waals surface area contributed by atoms with Crippen LogP contribution in [0.25, 0.3) is 0 Å². The van der Waals surface area contributed by atoms with Crippen molar-refractivity contribution in [2.75, 3.05) is 31.6 Å². The highest BCUT2D eigenvalue weighted by Gasteiger charge is 2.12. The van der Waals surface area contributed by atoms with Gasteiger partial charge in [0, 0.05) is 44.3 Å². The number of thiophene rings is 1. The van der Waals surface area contributed by atoms with Gasteiger partial charge in [0.05, 0.1) is 0 Å². The van der Waals surface area contributed by atoms with Gasteiger partial charge in [-0.05, 0) is 60.7 Å². The van der Waals surface area contributed by atoms with Crippen LogP contribution in [-0.2, 0) is 13.0 Å². The number of rotatable bonds is 7. The van der Waals surface area contributed by atoms with Crippen molar-refractivity contribution in [1.82, 2.24) is 15.6 Å². The Morgan fingerprint density at radius 2 is 2.07 bits per heavy atom. The van der Waals surface area contributed by atoms with Gasteiger partial charge in [-0.15, -0.1) is 35.3 Å². The normalized spacial score (nSPS) is 15.6. The fraction of sp³-hybridized carbons (Fsp3) is 0.524. The number of aromatic nitrogens is 1. The molecule has 0 aliphatic carbocycles. The molecule has 28 heavy (non-hydrogen) atoms. The van der Waals surface area contributed by atoms with Crippen LogP contribution in [0.1, 0.15) is 36.6 Å². The summed E-state index contributed by atoms with van der Waals surface area (Å²) in [6, 6.07) is 8.60. The zero-order chi connectivity index (χ0) is 18.9. The highest BCUT2D eigenvalue weighted by Crippen LogP contribution is 2.18. The van der Waals surface area contributed by atoms with Gasteiger partial charge in [0.1, 0.15) is 5.82 Å². The van der Waals surface area contributed by atoms with Crippen molar-refractivity contribution in [3.8, 4) is 0 Å². The second-order valence-corrected chi connectivity index (χ2v) is 8.30. The Kier molecular flexibility index (Phi) is 10.0. The highest BCUT2D eigenvalue weighted by molar-refractivity contribution is 14.0. The first-order valence-corrected chi connectivity index (χ1v) is 10.8. The lowest BCUT2D eigenvalue weighted by atomic mass is 10.1. The SMILES string of the molecule is CN=C(NCc1ccnc(N2CCCCC2)c1)NCC(C)Cc1cccs1.I. The van der Waals surface area contributed by atoms with Gasteiger partial charge in [0.25, 0.3) is 0 Å². The monoisotopic (exact) mass is 513 g/mol. The minimum atomic E-state index is 0. The molecule has 7 heteroatoms. The number of nitrogens with one attached hydrogen (secondary N) is 2. The number of guanidine groups is 1. The van der Waals surface area contributed by atoms with Crippen LogP contribution in [-0.4, -0.2) is 37.6 Å². The summed E-state index contributed by atoms with van der Waals surface area (Å²) < 4.78 is 0. The molecule has 0 spiro atoms. The van der Waals surface area contributed by atoms with Gasteiger partial charge in [-0.25, -0.2) is 4.98 Å². The van der Waals surface area contributed by atoms with Gasteiger partial charge in [-0.1, -0.05) is 13.0 Å². The maximum atomic E-state index is 4.56. The average Bonchev–Trinajstić information content (AvgIpc) is 3.22. The molecule has 2 N–H and O–H groups in total.